The molecule has 1 aromatic rings. The van der Waals surface area contributed by atoms with Crippen LogP contribution in [0.15, 0.2) is 18.2 Å². The number of aliphatic hydroxyl groups excluding tert-OH is 1. The van der Waals surface area contributed by atoms with E-state index in [1.807, 2.05) is 25.1 Å². The lowest BCUT2D eigenvalue weighted by Crippen LogP contribution is -2.36. The molecular formula is C20H35N3O4. The van der Waals surface area contributed by atoms with Crippen molar-refractivity contribution in [1.29, 1.82) is 0 Å². The second-order valence-corrected chi connectivity index (χ2v) is 6.93. The summed E-state index contributed by atoms with van der Waals surface area (Å²) < 4.78 is 11.1. The van der Waals surface area contributed by atoms with E-state index < -0.39 is 6.10 Å². The van der Waals surface area contributed by atoms with Gasteiger partial charge in [0.05, 0.1) is 7.11 Å². The van der Waals surface area contributed by atoms with Crippen molar-refractivity contribution in [2.75, 3.05) is 39.9 Å². The third kappa shape index (κ3) is 10.1. The zero-order valence-electron chi connectivity index (χ0n) is 17.0. The van der Waals surface area contributed by atoms with E-state index in [1.54, 1.807) is 7.11 Å². The van der Waals surface area contributed by atoms with Gasteiger partial charge in [-0.25, -0.2) is 4.79 Å². The van der Waals surface area contributed by atoms with E-state index in [1.165, 1.54) is 0 Å². The molecule has 0 saturated carbocycles. The third-order valence-electron chi connectivity index (χ3n) is 3.83. The molecule has 7 heteroatoms. The average molecular weight is 382 g/mol. The number of urea groups is 1. The van der Waals surface area contributed by atoms with Crippen LogP contribution in [-0.2, 0) is 6.42 Å². The van der Waals surface area contributed by atoms with Crippen molar-refractivity contribution in [3.05, 3.63) is 23.8 Å². The van der Waals surface area contributed by atoms with Crippen molar-refractivity contribution in [3.8, 4) is 11.5 Å². The number of hydrogen-bond acceptors (Lipinski definition) is 5. The summed E-state index contributed by atoms with van der Waals surface area (Å²) in [7, 11) is 1.59. The molecule has 0 heterocycles. The first-order chi connectivity index (χ1) is 13.0. The van der Waals surface area contributed by atoms with Gasteiger partial charge in [-0.05, 0) is 43.0 Å². The fourth-order valence-electron chi connectivity index (χ4n) is 2.39. The number of hydrogen-bond donors (Lipinski definition) is 4. The summed E-state index contributed by atoms with van der Waals surface area (Å²) in [6.07, 6.45) is 1.02. The van der Waals surface area contributed by atoms with Gasteiger partial charge in [0, 0.05) is 19.6 Å². The number of ether oxygens (including phenoxy) is 2. The fourth-order valence-corrected chi connectivity index (χ4v) is 2.39. The van der Waals surface area contributed by atoms with Gasteiger partial charge in [-0.2, -0.15) is 0 Å². The molecule has 0 fully saturated rings. The SMILES string of the molecule is CCCNC(=O)NCCc1ccc(OCC(O)CNCC(C)C)c(OC)c1. The molecule has 0 radical (unpaired) electrons. The highest BCUT2D eigenvalue weighted by atomic mass is 16.5. The van der Waals surface area contributed by atoms with Crippen LogP contribution in [0.4, 0.5) is 4.79 Å². The molecule has 4 N–H and O–H groups in total. The molecule has 1 aromatic carbocycles. The molecule has 27 heavy (non-hydrogen) atoms. The van der Waals surface area contributed by atoms with Crippen LogP contribution in [0.5, 0.6) is 11.5 Å². The first-order valence-electron chi connectivity index (χ1n) is 9.66. The molecule has 0 aromatic heterocycles. The maximum Gasteiger partial charge on any atom is 0.314 e. The smallest absolute Gasteiger partial charge is 0.314 e. The first-order valence-corrected chi connectivity index (χ1v) is 9.66. The van der Waals surface area contributed by atoms with E-state index >= 15 is 0 Å². The third-order valence-corrected chi connectivity index (χ3v) is 3.83. The molecule has 154 valence electrons. The lowest BCUT2D eigenvalue weighted by Gasteiger charge is -2.16. The number of methoxy groups -OCH3 is 1. The van der Waals surface area contributed by atoms with Gasteiger partial charge in [0.2, 0.25) is 0 Å². The number of carbonyl (C=O) groups is 1. The zero-order chi connectivity index (χ0) is 20.1. The molecule has 0 bridgehead atoms. The Morgan fingerprint density at radius 3 is 2.56 bits per heavy atom. The largest absolute Gasteiger partial charge is 0.493 e. The molecule has 2 amide bonds. The minimum Gasteiger partial charge on any atom is -0.493 e. The molecule has 0 aliphatic carbocycles. The Kier molecular flexibility index (Phi) is 11.3. The average Bonchev–Trinajstić information content (AvgIpc) is 2.64. The number of rotatable bonds is 13. The Labute approximate surface area is 162 Å². The normalized spacial score (nSPS) is 11.9. The molecule has 0 aliphatic heterocycles. The molecule has 0 saturated heterocycles. The van der Waals surface area contributed by atoms with Crippen LogP contribution in [0.25, 0.3) is 0 Å². The summed E-state index contributed by atoms with van der Waals surface area (Å²) in [6, 6.07) is 5.51. The Bertz CT molecular complexity index is 552. The van der Waals surface area contributed by atoms with Gasteiger partial charge in [0.25, 0.3) is 0 Å². The van der Waals surface area contributed by atoms with Crippen LogP contribution in [-0.4, -0.2) is 57.1 Å². The van der Waals surface area contributed by atoms with Crippen LogP contribution in [0, 0.1) is 5.92 Å². The Balaban J connectivity index is 2.43. The number of benzene rings is 1. The lowest BCUT2D eigenvalue weighted by atomic mass is 10.1. The molecule has 7 nitrogen and oxygen atoms in total. The monoisotopic (exact) mass is 381 g/mol. The summed E-state index contributed by atoms with van der Waals surface area (Å²) in [5, 5.41) is 18.8. The van der Waals surface area contributed by atoms with Gasteiger partial charge in [-0.3, -0.25) is 0 Å². The minimum atomic E-state index is -0.584. The van der Waals surface area contributed by atoms with Crippen LogP contribution in [0.1, 0.15) is 32.8 Å². The maximum atomic E-state index is 11.5. The Hall–Kier alpha value is -1.99. The van der Waals surface area contributed by atoms with Crippen LogP contribution < -0.4 is 25.4 Å². The van der Waals surface area contributed by atoms with Crippen molar-refractivity contribution in [1.82, 2.24) is 16.0 Å². The van der Waals surface area contributed by atoms with E-state index in [0.717, 1.165) is 18.5 Å². The van der Waals surface area contributed by atoms with Crippen LogP contribution in [0.2, 0.25) is 0 Å². The Morgan fingerprint density at radius 2 is 1.89 bits per heavy atom. The second-order valence-electron chi connectivity index (χ2n) is 6.93. The highest BCUT2D eigenvalue weighted by Crippen LogP contribution is 2.28. The van der Waals surface area contributed by atoms with E-state index in [4.69, 9.17) is 9.47 Å². The van der Waals surface area contributed by atoms with Gasteiger partial charge in [-0.1, -0.05) is 26.8 Å². The topological polar surface area (TPSA) is 91.9 Å². The maximum absolute atomic E-state index is 11.5. The summed E-state index contributed by atoms with van der Waals surface area (Å²) in [6.45, 7) is 9.01. The number of nitrogens with one attached hydrogen (secondary N) is 3. The van der Waals surface area contributed by atoms with Gasteiger partial charge < -0.3 is 30.5 Å². The molecule has 1 rings (SSSR count). The van der Waals surface area contributed by atoms with Crippen molar-refractivity contribution >= 4 is 6.03 Å². The summed E-state index contributed by atoms with van der Waals surface area (Å²) in [5.41, 5.74) is 1.04. The number of aliphatic hydroxyl groups is 1. The van der Waals surface area contributed by atoms with Gasteiger partial charge in [0.15, 0.2) is 11.5 Å². The summed E-state index contributed by atoms with van der Waals surface area (Å²) >= 11 is 0. The van der Waals surface area contributed by atoms with Crippen molar-refractivity contribution in [2.45, 2.75) is 39.7 Å². The molecule has 0 aliphatic rings. The highest BCUT2D eigenvalue weighted by Gasteiger charge is 2.10. The van der Waals surface area contributed by atoms with Crippen molar-refractivity contribution in [3.63, 3.8) is 0 Å². The minimum absolute atomic E-state index is 0.149. The van der Waals surface area contributed by atoms with Gasteiger partial charge in [0.1, 0.15) is 12.7 Å². The summed E-state index contributed by atoms with van der Waals surface area (Å²) in [4.78, 5) is 11.5. The predicted octanol–water partition coefficient (Wildman–Crippen LogP) is 1.93. The number of carbonyl (C=O) groups excluding carboxylic acids is 1. The van der Waals surface area contributed by atoms with Gasteiger partial charge in [-0.15, -0.1) is 0 Å². The molecule has 1 unspecified atom stereocenters. The van der Waals surface area contributed by atoms with Crippen LogP contribution in [0.3, 0.4) is 0 Å². The lowest BCUT2D eigenvalue weighted by molar-refractivity contribution is 0.104. The predicted molar refractivity (Wildman–Crippen MR) is 108 cm³/mol. The Morgan fingerprint density at radius 1 is 1.15 bits per heavy atom. The van der Waals surface area contributed by atoms with Crippen LogP contribution >= 0.6 is 0 Å². The van der Waals surface area contributed by atoms with Crippen molar-refractivity contribution in [2.24, 2.45) is 5.92 Å². The fraction of sp³-hybridized carbons (Fsp3) is 0.650. The van der Waals surface area contributed by atoms with E-state index in [9.17, 15) is 9.90 Å². The number of amides is 2. The van der Waals surface area contributed by atoms with E-state index in [-0.39, 0.29) is 12.6 Å². The highest BCUT2D eigenvalue weighted by molar-refractivity contribution is 5.73. The van der Waals surface area contributed by atoms with Gasteiger partial charge >= 0.3 is 6.03 Å². The second kappa shape index (κ2) is 13.2. The molecule has 0 spiro atoms. The van der Waals surface area contributed by atoms with E-state index in [2.05, 4.69) is 29.8 Å². The quantitative estimate of drug-likeness (QED) is 0.419. The molecule has 1 atom stereocenters. The zero-order valence-corrected chi connectivity index (χ0v) is 17.0. The van der Waals surface area contributed by atoms with Crippen molar-refractivity contribution < 1.29 is 19.4 Å². The standard InChI is InChI=1S/C20H35N3O4/c1-5-9-22-20(25)23-10-8-16-6-7-18(19(11-16)26-4)27-14-17(24)13-21-12-15(2)3/h6-7,11,15,17,21,24H,5,8-10,12-14H2,1-4H3,(H2,22,23,25). The molecular weight excluding hydrogens is 346 g/mol. The summed E-state index contributed by atoms with van der Waals surface area (Å²) in [5.74, 6) is 1.75. The first kappa shape index (κ1) is 23.0. The van der Waals surface area contributed by atoms with E-state index in [0.29, 0.717) is 43.5 Å².